The van der Waals surface area contributed by atoms with Gasteiger partial charge in [0.05, 0.1) is 5.69 Å². The van der Waals surface area contributed by atoms with Gasteiger partial charge in [-0.15, -0.1) is 0 Å². The van der Waals surface area contributed by atoms with Crippen molar-refractivity contribution in [3.8, 4) is 0 Å². The van der Waals surface area contributed by atoms with Crippen molar-refractivity contribution in [3.05, 3.63) is 65.5 Å². The lowest BCUT2D eigenvalue weighted by Crippen LogP contribution is -2.32. The van der Waals surface area contributed by atoms with E-state index in [9.17, 15) is 0 Å². The number of likely N-dealkylation sites (N-methyl/N-ethyl adjacent to an activating group) is 1. The third-order valence-corrected chi connectivity index (χ3v) is 3.48. The summed E-state index contributed by atoms with van der Waals surface area (Å²) < 4.78 is 0. The number of pyridine rings is 1. The molecule has 1 aromatic carbocycles. The van der Waals surface area contributed by atoms with Gasteiger partial charge in [0.25, 0.3) is 0 Å². The zero-order valence-electron chi connectivity index (χ0n) is 12.3. The topological polar surface area (TPSA) is 42.2 Å². The molecule has 20 heavy (non-hydrogen) atoms. The van der Waals surface area contributed by atoms with Crippen molar-refractivity contribution in [3.63, 3.8) is 0 Å². The molecule has 2 rings (SSSR count). The fourth-order valence-electron chi connectivity index (χ4n) is 2.31. The Balaban J connectivity index is 1.99. The van der Waals surface area contributed by atoms with Crippen LogP contribution in [0.15, 0.2) is 48.7 Å². The van der Waals surface area contributed by atoms with Crippen LogP contribution in [0, 0.1) is 6.92 Å². The molecular formula is C17H23N3. The predicted molar refractivity (Wildman–Crippen MR) is 83.3 cm³/mol. The number of nitrogens with two attached hydrogens (primary N) is 1. The van der Waals surface area contributed by atoms with E-state index >= 15 is 0 Å². The van der Waals surface area contributed by atoms with E-state index in [1.54, 1.807) is 0 Å². The van der Waals surface area contributed by atoms with Gasteiger partial charge in [0.1, 0.15) is 0 Å². The van der Waals surface area contributed by atoms with E-state index in [1.807, 2.05) is 18.3 Å². The van der Waals surface area contributed by atoms with Crippen LogP contribution in [0.4, 0.5) is 0 Å². The maximum absolute atomic E-state index is 6.33. The molecule has 2 N–H and O–H groups in total. The Morgan fingerprint density at radius 1 is 1.20 bits per heavy atom. The van der Waals surface area contributed by atoms with Crippen molar-refractivity contribution < 1.29 is 0 Å². The number of rotatable bonds is 6. The van der Waals surface area contributed by atoms with Crippen LogP contribution in [0.2, 0.25) is 0 Å². The molecule has 0 radical (unpaired) electrons. The molecule has 0 spiro atoms. The molecule has 0 aliphatic rings. The van der Waals surface area contributed by atoms with Gasteiger partial charge < -0.3 is 5.73 Å². The quantitative estimate of drug-likeness (QED) is 0.876. The second kappa shape index (κ2) is 7.17. The van der Waals surface area contributed by atoms with Gasteiger partial charge in [-0.05, 0) is 31.2 Å². The van der Waals surface area contributed by atoms with Gasteiger partial charge >= 0.3 is 0 Å². The minimum atomic E-state index is 0.0403. The highest BCUT2D eigenvalue weighted by atomic mass is 15.1. The van der Waals surface area contributed by atoms with Crippen LogP contribution in [0.1, 0.15) is 29.8 Å². The maximum atomic E-state index is 6.33. The second-order valence-electron chi connectivity index (χ2n) is 5.17. The number of hydrogen-bond donors (Lipinski definition) is 1. The van der Waals surface area contributed by atoms with Gasteiger partial charge in [0.15, 0.2) is 0 Å². The Bertz CT molecular complexity index is 525. The highest BCUT2D eigenvalue weighted by Crippen LogP contribution is 2.14. The fraction of sp³-hybridized carbons (Fsp3) is 0.353. The highest BCUT2D eigenvalue weighted by molar-refractivity contribution is 5.25. The third kappa shape index (κ3) is 4.15. The molecule has 3 nitrogen and oxygen atoms in total. The molecule has 3 heteroatoms. The molecule has 106 valence electrons. The summed E-state index contributed by atoms with van der Waals surface area (Å²) in [6, 6.07) is 14.5. The van der Waals surface area contributed by atoms with E-state index in [0.717, 1.165) is 25.3 Å². The van der Waals surface area contributed by atoms with Crippen LogP contribution in [0.3, 0.4) is 0 Å². The molecule has 0 amide bonds. The van der Waals surface area contributed by atoms with Crippen LogP contribution >= 0.6 is 0 Å². The van der Waals surface area contributed by atoms with Crippen LogP contribution < -0.4 is 5.73 Å². The van der Waals surface area contributed by atoms with Crippen molar-refractivity contribution in [2.45, 2.75) is 26.4 Å². The SMILES string of the molecule is CCN(Cc1ccccn1)CC(N)c1cccc(C)c1. The average Bonchev–Trinajstić information content (AvgIpc) is 2.47. The predicted octanol–water partition coefficient (Wildman–Crippen LogP) is 2.91. The summed E-state index contributed by atoms with van der Waals surface area (Å²) in [5.41, 5.74) is 9.87. The molecule has 1 unspecified atom stereocenters. The summed E-state index contributed by atoms with van der Waals surface area (Å²) in [6.45, 7) is 6.91. The molecule has 0 fully saturated rings. The smallest absolute Gasteiger partial charge is 0.0543 e. The number of nitrogens with zero attached hydrogens (tertiary/aromatic N) is 2. The lowest BCUT2D eigenvalue weighted by atomic mass is 10.0. The standard InChI is InChI=1S/C17H23N3/c1-3-20(12-16-9-4-5-10-19-16)13-17(18)15-8-6-7-14(2)11-15/h4-11,17H,3,12-13,18H2,1-2H3. The Kier molecular flexibility index (Phi) is 5.27. The molecule has 0 saturated carbocycles. The lowest BCUT2D eigenvalue weighted by molar-refractivity contribution is 0.259. The first-order valence-corrected chi connectivity index (χ1v) is 7.13. The zero-order valence-corrected chi connectivity index (χ0v) is 12.3. The second-order valence-corrected chi connectivity index (χ2v) is 5.17. The summed E-state index contributed by atoms with van der Waals surface area (Å²) in [5.74, 6) is 0. The summed E-state index contributed by atoms with van der Waals surface area (Å²) in [6.07, 6.45) is 1.84. The van der Waals surface area contributed by atoms with Crippen LogP contribution in [0.25, 0.3) is 0 Å². The zero-order chi connectivity index (χ0) is 14.4. The lowest BCUT2D eigenvalue weighted by Gasteiger charge is -2.24. The molecule has 0 aliphatic heterocycles. The molecule has 0 saturated heterocycles. The van der Waals surface area contributed by atoms with Crippen molar-refractivity contribution >= 4 is 0 Å². The van der Waals surface area contributed by atoms with Gasteiger partial charge in [-0.3, -0.25) is 9.88 Å². The largest absolute Gasteiger partial charge is 0.323 e. The number of aryl methyl sites for hydroxylation is 1. The van der Waals surface area contributed by atoms with Gasteiger partial charge in [-0.1, -0.05) is 42.8 Å². The van der Waals surface area contributed by atoms with Crippen molar-refractivity contribution in [1.29, 1.82) is 0 Å². The summed E-state index contributed by atoms with van der Waals surface area (Å²) in [5, 5.41) is 0. The van der Waals surface area contributed by atoms with Crippen molar-refractivity contribution in [1.82, 2.24) is 9.88 Å². The maximum Gasteiger partial charge on any atom is 0.0543 e. The van der Waals surface area contributed by atoms with E-state index in [1.165, 1.54) is 11.1 Å². The van der Waals surface area contributed by atoms with E-state index in [-0.39, 0.29) is 6.04 Å². The summed E-state index contributed by atoms with van der Waals surface area (Å²) in [7, 11) is 0. The molecule has 1 heterocycles. The highest BCUT2D eigenvalue weighted by Gasteiger charge is 2.12. The van der Waals surface area contributed by atoms with Gasteiger partial charge in [-0.25, -0.2) is 0 Å². The molecule has 0 aliphatic carbocycles. The first-order valence-electron chi connectivity index (χ1n) is 7.13. The van der Waals surface area contributed by atoms with E-state index in [0.29, 0.717) is 0 Å². The summed E-state index contributed by atoms with van der Waals surface area (Å²) >= 11 is 0. The van der Waals surface area contributed by atoms with E-state index in [4.69, 9.17) is 5.73 Å². The Morgan fingerprint density at radius 3 is 2.70 bits per heavy atom. The summed E-state index contributed by atoms with van der Waals surface area (Å²) in [4.78, 5) is 6.71. The molecule has 1 atom stereocenters. The minimum Gasteiger partial charge on any atom is -0.323 e. The molecular weight excluding hydrogens is 246 g/mol. The Morgan fingerprint density at radius 2 is 2.05 bits per heavy atom. The Labute approximate surface area is 121 Å². The molecule has 1 aromatic heterocycles. The number of benzene rings is 1. The fourth-order valence-corrected chi connectivity index (χ4v) is 2.31. The van der Waals surface area contributed by atoms with Gasteiger partial charge in [0, 0.05) is 25.3 Å². The number of hydrogen-bond acceptors (Lipinski definition) is 3. The minimum absolute atomic E-state index is 0.0403. The monoisotopic (exact) mass is 269 g/mol. The molecule has 0 bridgehead atoms. The normalized spacial score (nSPS) is 12.6. The van der Waals surface area contributed by atoms with E-state index < -0.39 is 0 Å². The Hall–Kier alpha value is -1.71. The van der Waals surface area contributed by atoms with Gasteiger partial charge in [-0.2, -0.15) is 0 Å². The van der Waals surface area contributed by atoms with Crippen molar-refractivity contribution in [2.24, 2.45) is 5.73 Å². The number of aromatic nitrogens is 1. The molecule has 2 aromatic rings. The first-order chi connectivity index (χ1) is 9.69. The van der Waals surface area contributed by atoms with Crippen molar-refractivity contribution in [2.75, 3.05) is 13.1 Å². The van der Waals surface area contributed by atoms with E-state index in [2.05, 4.69) is 54.1 Å². The van der Waals surface area contributed by atoms with Crippen LogP contribution in [0.5, 0.6) is 0 Å². The van der Waals surface area contributed by atoms with Crippen LogP contribution in [-0.2, 0) is 6.54 Å². The van der Waals surface area contributed by atoms with Gasteiger partial charge in [0.2, 0.25) is 0 Å². The van der Waals surface area contributed by atoms with Crippen LogP contribution in [-0.4, -0.2) is 23.0 Å². The third-order valence-electron chi connectivity index (χ3n) is 3.48. The first kappa shape index (κ1) is 14.7. The average molecular weight is 269 g/mol.